The third kappa shape index (κ3) is 5.07. The highest BCUT2D eigenvalue weighted by atomic mass is 16.5. The van der Waals surface area contributed by atoms with Crippen LogP contribution in [0.1, 0.15) is 25.0 Å². The maximum atomic E-state index is 9.76. The molecule has 3 heteroatoms. The Hall–Kier alpha value is -1.06. The van der Waals surface area contributed by atoms with Crippen LogP contribution in [0.5, 0.6) is 5.75 Å². The number of aryl methyl sites for hydroxylation is 1. The van der Waals surface area contributed by atoms with Crippen molar-refractivity contribution in [2.24, 2.45) is 0 Å². The first kappa shape index (κ1) is 15.0. The third-order valence-electron chi connectivity index (χ3n) is 2.86. The van der Waals surface area contributed by atoms with Gasteiger partial charge in [-0.25, -0.2) is 0 Å². The van der Waals surface area contributed by atoms with E-state index in [1.165, 1.54) is 11.1 Å². The van der Waals surface area contributed by atoms with Crippen LogP contribution in [0.25, 0.3) is 0 Å². The van der Waals surface area contributed by atoms with E-state index in [4.69, 9.17) is 4.74 Å². The fraction of sp³-hybridized carbons (Fsp3) is 0.600. The first-order chi connectivity index (χ1) is 8.31. The van der Waals surface area contributed by atoms with Crippen molar-refractivity contribution in [2.45, 2.75) is 32.8 Å². The molecule has 0 bridgehead atoms. The Labute approximate surface area is 110 Å². The number of aliphatic hydroxyl groups is 1. The van der Waals surface area contributed by atoms with Crippen molar-refractivity contribution < 1.29 is 9.84 Å². The van der Waals surface area contributed by atoms with Gasteiger partial charge in [0.1, 0.15) is 5.75 Å². The Morgan fingerprint density at radius 3 is 2.56 bits per heavy atom. The molecular formula is C15H25NO2. The van der Waals surface area contributed by atoms with Gasteiger partial charge >= 0.3 is 0 Å². The van der Waals surface area contributed by atoms with Crippen LogP contribution in [0, 0.1) is 6.92 Å². The largest absolute Gasteiger partial charge is 0.496 e. The van der Waals surface area contributed by atoms with E-state index in [2.05, 4.69) is 24.0 Å². The van der Waals surface area contributed by atoms with Crippen molar-refractivity contribution in [3.63, 3.8) is 0 Å². The van der Waals surface area contributed by atoms with Crippen LogP contribution in [0.4, 0.5) is 0 Å². The molecule has 0 atom stereocenters. The smallest absolute Gasteiger partial charge is 0.122 e. The molecule has 0 heterocycles. The SMILES string of the molecule is COc1ccc(C)cc1CCN(C)CC(C)(C)O. The normalized spacial score (nSPS) is 11.9. The fourth-order valence-corrected chi connectivity index (χ4v) is 2.15. The van der Waals surface area contributed by atoms with E-state index in [1.54, 1.807) is 7.11 Å². The minimum absolute atomic E-state index is 0.647. The van der Waals surface area contributed by atoms with Gasteiger partial charge in [-0.3, -0.25) is 0 Å². The summed E-state index contributed by atoms with van der Waals surface area (Å²) in [4.78, 5) is 2.14. The second-order valence-corrected chi connectivity index (χ2v) is 5.62. The van der Waals surface area contributed by atoms with Crippen molar-refractivity contribution in [1.82, 2.24) is 4.90 Å². The van der Waals surface area contributed by atoms with Gasteiger partial charge in [0.2, 0.25) is 0 Å². The van der Waals surface area contributed by atoms with Crippen LogP contribution >= 0.6 is 0 Å². The number of hydrogen-bond donors (Lipinski definition) is 1. The molecule has 102 valence electrons. The average Bonchev–Trinajstić information content (AvgIpc) is 2.24. The molecule has 1 rings (SSSR count). The van der Waals surface area contributed by atoms with Crippen molar-refractivity contribution >= 4 is 0 Å². The van der Waals surface area contributed by atoms with Crippen LogP contribution in [0.3, 0.4) is 0 Å². The summed E-state index contributed by atoms with van der Waals surface area (Å²) in [6.45, 7) is 7.32. The Kier molecular flexibility index (Phi) is 5.17. The van der Waals surface area contributed by atoms with Gasteiger partial charge in [-0.1, -0.05) is 17.7 Å². The predicted octanol–water partition coefficient (Wildman–Crippen LogP) is 2.25. The lowest BCUT2D eigenvalue weighted by molar-refractivity contribution is 0.0449. The zero-order valence-corrected chi connectivity index (χ0v) is 12.2. The van der Waals surface area contributed by atoms with Crippen molar-refractivity contribution in [2.75, 3.05) is 27.2 Å². The Balaban J connectivity index is 2.60. The van der Waals surface area contributed by atoms with E-state index in [-0.39, 0.29) is 0 Å². The highest BCUT2D eigenvalue weighted by Crippen LogP contribution is 2.20. The molecule has 0 aliphatic rings. The van der Waals surface area contributed by atoms with Gasteiger partial charge in [-0.2, -0.15) is 0 Å². The lowest BCUT2D eigenvalue weighted by atomic mass is 10.1. The summed E-state index contributed by atoms with van der Waals surface area (Å²) in [7, 11) is 3.73. The summed E-state index contributed by atoms with van der Waals surface area (Å²) in [6.07, 6.45) is 0.928. The number of ether oxygens (including phenoxy) is 1. The minimum atomic E-state index is -0.647. The van der Waals surface area contributed by atoms with Gasteiger partial charge in [0.25, 0.3) is 0 Å². The summed E-state index contributed by atoms with van der Waals surface area (Å²) < 4.78 is 5.37. The summed E-state index contributed by atoms with van der Waals surface area (Å²) >= 11 is 0. The molecule has 1 aromatic carbocycles. The van der Waals surface area contributed by atoms with E-state index >= 15 is 0 Å². The van der Waals surface area contributed by atoms with E-state index in [1.807, 2.05) is 27.0 Å². The van der Waals surface area contributed by atoms with Gasteiger partial charge in [0.15, 0.2) is 0 Å². The maximum Gasteiger partial charge on any atom is 0.122 e. The first-order valence-corrected chi connectivity index (χ1v) is 6.36. The number of hydrogen-bond acceptors (Lipinski definition) is 3. The molecule has 0 fully saturated rings. The Morgan fingerprint density at radius 1 is 1.33 bits per heavy atom. The molecule has 1 N–H and O–H groups in total. The van der Waals surface area contributed by atoms with Crippen LogP contribution in [0.2, 0.25) is 0 Å². The summed E-state index contributed by atoms with van der Waals surface area (Å²) in [5.41, 5.74) is 1.82. The molecule has 0 amide bonds. The molecule has 1 aromatic rings. The summed E-state index contributed by atoms with van der Waals surface area (Å²) in [5.74, 6) is 0.942. The molecular weight excluding hydrogens is 226 g/mol. The second kappa shape index (κ2) is 6.21. The third-order valence-corrected chi connectivity index (χ3v) is 2.86. The van der Waals surface area contributed by atoms with Crippen LogP contribution < -0.4 is 4.74 Å². The fourth-order valence-electron chi connectivity index (χ4n) is 2.15. The minimum Gasteiger partial charge on any atom is -0.496 e. The summed E-state index contributed by atoms with van der Waals surface area (Å²) in [6, 6.07) is 6.24. The zero-order valence-electron chi connectivity index (χ0n) is 12.2. The highest BCUT2D eigenvalue weighted by molar-refractivity contribution is 5.37. The van der Waals surface area contributed by atoms with E-state index in [0.717, 1.165) is 18.7 Å². The quantitative estimate of drug-likeness (QED) is 0.841. The number of rotatable bonds is 6. The van der Waals surface area contributed by atoms with E-state index in [9.17, 15) is 5.11 Å². The highest BCUT2D eigenvalue weighted by Gasteiger charge is 2.15. The molecule has 0 aliphatic heterocycles. The molecule has 0 spiro atoms. The molecule has 0 aliphatic carbocycles. The van der Waals surface area contributed by atoms with Crippen molar-refractivity contribution in [3.05, 3.63) is 29.3 Å². The number of benzene rings is 1. The maximum absolute atomic E-state index is 9.76. The molecule has 0 radical (unpaired) electrons. The topological polar surface area (TPSA) is 32.7 Å². The Bertz CT molecular complexity index is 383. The van der Waals surface area contributed by atoms with Crippen LogP contribution in [-0.2, 0) is 6.42 Å². The van der Waals surface area contributed by atoms with E-state index < -0.39 is 5.60 Å². The van der Waals surface area contributed by atoms with Gasteiger partial charge in [-0.15, -0.1) is 0 Å². The van der Waals surface area contributed by atoms with Crippen LogP contribution in [0.15, 0.2) is 18.2 Å². The van der Waals surface area contributed by atoms with Gasteiger partial charge in [0, 0.05) is 13.1 Å². The summed E-state index contributed by atoms with van der Waals surface area (Å²) in [5, 5.41) is 9.76. The van der Waals surface area contributed by atoms with Gasteiger partial charge in [-0.05, 0) is 45.9 Å². The number of methoxy groups -OCH3 is 1. The van der Waals surface area contributed by atoms with Crippen molar-refractivity contribution in [3.8, 4) is 5.75 Å². The average molecular weight is 251 g/mol. The van der Waals surface area contributed by atoms with Gasteiger partial charge < -0.3 is 14.7 Å². The molecule has 0 saturated heterocycles. The van der Waals surface area contributed by atoms with Crippen LogP contribution in [-0.4, -0.2) is 42.9 Å². The first-order valence-electron chi connectivity index (χ1n) is 6.36. The molecule has 0 unspecified atom stereocenters. The monoisotopic (exact) mass is 251 g/mol. The number of likely N-dealkylation sites (N-methyl/N-ethyl adjacent to an activating group) is 1. The lowest BCUT2D eigenvalue weighted by Gasteiger charge is -2.25. The van der Waals surface area contributed by atoms with Crippen molar-refractivity contribution in [1.29, 1.82) is 0 Å². The van der Waals surface area contributed by atoms with Gasteiger partial charge in [0.05, 0.1) is 12.7 Å². The molecule has 0 saturated carbocycles. The predicted molar refractivity (Wildman–Crippen MR) is 75.2 cm³/mol. The Morgan fingerprint density at radius 2 is 2.00 bits per heavy atom. The molecule has 18 heavy (non-hydrogen) atoms. The molecule has 3 nitrogen and oxygen atoms in total. The van der Waals surface area contributed by atoms with E-state index in [0.29, 0.717) is 6.54 Å². The number of nitrogens with zero attached hydrogens (tertiary/aromatic N) is 1. The zero-order chi connectivity index (χ0) is 13.8. The molecule has 0 aromatic heterocycles. The standard InChI is InChI=1S/C15H25NO2/c1-12-6-7-14(18-5)13(10-12)8-9-16(4)11-15(2,3)17/h6-7,10,17H,8-9,11H2,1-5H3. The lowest BCUT2D eigenvalue weighted by Crippen LogP contribution is -2.37. The second-order valence-electron chi connectivity index (χ2n) is 5.62.